The van der Waals surface area contributed by atoms with Crippen LogP contribution >= 0.6 is 11.6 Å². The molecule has 3 nitrogen and oxygen atoms in total. The minimum absolute atomic E-state index is 0.0687. The van der Waals surface area contributed by atoms with E-state index in [0.717, 1.165) is 77.0 Å². The fourth-order valence-corrected chi connectivity index (χ4v) is 6.93. The van der Waals surface area contributed by atoms with Crippen molar-refractivity contribution in [2.24, 2.45) is 17.1 Å². The highest BCUT2D eigenvalue weighted by Crippen LogP contribution is 2.44. The molecular weight excluding hydrogens is 586 g/mol. The lowest BCUT2D eigenvalue weighted by atomic mass is 9.63. The number of ketones is 2. The number of alkyl halides is 1. The smallest absolute Gasteiger partial charge is 0.149 e. The first-order valence-corrected chi connectivity index (χ1v) is 19.7. The molecule has 1 unspecified atom stereocenters. The Kier molecular flexibility index (Phi) is 28.7. The fourth-order valence-electron chi connectivity index (χ4n) is 6.50. The number of halogens is 1. The van der Waals surface area contributed by atoms with E-state index in [4.69, 9.17) is 17.3 Å². The van der Waals surface area contributed by atoms with Crippen LogP contribution in [0.5, 0.6) is 0 Å². The van der Waals surface area contributed by atoms with E-state index in [-0.39, 0.29) is 17.5 Å². The van der Waals surface area contributed by atoms with Gasteiger partial charge in [0.2, 0.25) is 0 Å². The van der Waals surface area contributed by atoms with Crippen LogP contribution in [0, 0.1) is 11.3 Å². The van der Waals surface area contributed by atoms with E-state index in [1.165, 1.54) is 64.2 Å². The molecule has 1 atom stereocenters. The third kappa shape index (κ3) is 20.7. The Labute approximate surface area is 291 Å². The molecular formula is C42H74ClNO2. The van der Waals surface area contributed by atoms with Gasteiger partial charge < -0.3 is 5.73 Å². The molecule has 0 amide bonds. The van der Waals surface area contributed by atoms with Gasteiger partial charge >= 0.3 is 0 Å². The van der Waals surface area contributed by atoms with Gasteiger partial charge in [-0.1, -0.05) is 141 Å². The second-order valence-electron chi connectivity index (χ2n) is 13.8. The highest BCUT2D eigenvalue weighted by molar-refractivity contribution is 6.29. The molecule has 0 saturated heterocycles. The van der Waals surface area contributed by atoms with Crippen molar-refractivity contribution in [1.29, 1.82) is 0 Å². The highest BCUT2D eigenvalue weighted by atomic mass is 35.5. The molecule has 4 heteroatoms. The van der Waals surface area contributed by atoms with Crippen LogP contribution in [0.15, 0.2) is 48.6 Å². The van der Waals surface area contributed by atoms with Crippen LogP contribution in [0.3, 0.4) is 0 Å². The summed E-state index contributed by atoms with van der Waals surface area (Å²) in [5.74, 6) is -0.377. The van der Waals surface area contributed by atoms with Crippen LogP contribution in [0.25, 0.3) is 0 Å². The van der Waals surface area contributed by atoms with Gasteiger partial charge in [-0.05, 0) is 89.9 Å². The van der Waals surface area contributed by atoms with Crippen molar-refractivity contribution in [3.05, 3.63) is 48.6 Å². The molecule has 0 bridgehead atoms. The normalized spacial score (nSPS) is 14.1. The number of hydrogen-bond donors (Lipinski definition) is 1. The second kappa shape index (κ2) is 29.7. The summed E-state index contributed by atoms with van der Waals surface area (Å²) in [5, 5.41) is 0. The molecule has 0 aliphatic heterocycles. The van der Waals surface area contributed by atoms with Crippen molar-refractivity contribution in [3.8, 4) is 0 Å². The third-order valence-corrected chi connectivity index (χ3v) is 9.52. The first kappa shape index (κ1) is 44.5. The summed E-state index contributed by atoms with van der Waals surface area (Å²) in [6.45, 7) is 9.98. The maximum absolute atomic E-state index is 13.7. The van der Waals surface area contributed by atoms with Gasteiger partial charge in [-0.3, -0.25) is 9.59 Å². The van der Waals surface area contributed by atoms with E-state index in [2.05, 4.69) is 62.5 Å². The second-order valence-corrected chi connectivity index (χ2v) is 14.6. The molecule has 0 spiro atoms. The lowest BCUT2D eigenvalue weighted by molar-refractivity contribution is -0.147. The lowest BCUT2D eigenvalue weighted by Crippen LogP contribution is -2.61. The maximum Gasteiger partial charge on any atom is 0.149 e. The molecule has 2 N–H and O–H groups in total. The Hall–Kier alpha value is -1.45. The number of hydrogen-bond acceptors (Lipinski definition) is 3. The monoisotopic (exact) mass is 660 g/mol. The van der Waals surface area contributed by atoms with Gasteiger partial charge in [0.25, 0.3) is 0 Å². The predicted octanol–water partition coefficient (Wildman–Crippen LogP) is 13.3. The van der Waals surface area contributed by atoms with E-state index in [0.29, 0.717) is 12.8 Å². The highest BCUT2D eigenvalue weighted by Gasteiger charge is 2.57. The molecule has 0 aromatic rings. The minimum atomic E-state index is -1.40. The van der Waals surface area contributed by atoms with Crippen molar-refractivity contribution < 1.29 is 9.59 Å². The zero-order chi connectivity index (χ0) is 34.4. The molecule has 0 aliphatic carbocycles. The summed E-state index contributed by atoms with van der Waals surface area (Å²) in [5.41, 5.74) is 5.10. The molecule has 0 aromatic heterocycles. The first-order chi connectivity index (χ1) is 22.2. The van der Waals surface area contributed by atoms with E-state index < -0.39 is 10.4 Å². The van der Waals surface area contributed by atoms with Crippen molar-refractivity contribution in [1.82, 2.24) is 0 Å². The number of carbonyl (C=O) groups is 2. The quantitative estimate of drug-likeness (QED) is 0.0257. The Morgan fingerprint density at radius 2 is 0.848 bits per heavy atom. The molecule has 0 aromatic carbocycles. The van der Waals surface area contributed by atoms with Gasteiger partial charge in [-0.15, -0.1) is 11.6 Å². The van der Waals surface area contributed by atoms with Gasteiger partial charge in [0.1, 0.15) is 22.0 Å². The topological polar surface area (TPSA) is 60.2 Å². The van der Waals surface area contributed by atoms with E-state index in [1.54, 1.807) is 6.92 Å². The number of allylic oxidation sites excluding steroid dienone is 8. The summed E-state index contributed by atoms with van der Waals surface area (Å²) in [6.07, 6.45) is 43.9. The molecule has 0 saturated carbocycles. The van der Waals surface area contributed by atoms with Gasteiger partial charge in [-0.25, -0.2) is 0 Å². The maximum atomic E-state index is 13.7. The van der Waals surface area contributed by atoms with Gasteiger partial charge in [0.15, 0.2) is 0 Å². The molecule has 266 valence electrons. The number of rotatable bonds is 32. The van der Waals surface area contributed by atoms with Crippen LogP contribution in [-0.4, -0.2) is 16.6 Å². The zero-order valence-corrected chi connectivity index (χ0v) is 31.7. The SMILES string of the molecule is CCCCC/C=C\C/C=C\CCCCCCCC(=O)C(C(=O)CCCCCCC/C=C\C/C=C\CCCCC)(C(C)C)C(C)(N)Cl. The van der Waals surface area contributed by atoms with E-state index >= 15 is 0 Å². The Balaban J connectivity index is 4.39. The van der Waals surface area contributed by atoms with Gasteiger partial charge in [-0.2, -0.15) is 0 Å². The molecule has 0 fully saturated rings. The van der Waals surface area contributed by atoms with Crippen LogP contribution in [-0.2, 0) is 9.59 Å². The van der Waals surface area contributed by atoms with Gasteiger partial charge in [0, 0.05) is 12.8 Å². The molecule has 46 heavy (non-hydrogen) atoms. The van der Waals surface area contributed by atoms with Crippen LogP contribution in [0.2, 0.25) is 0 Å². The minimum Gasteiger partial charge on any atom is -0.312 e. The van der Waals surface area contributed by atoms with Crippen molar-refractivity contribution in [3.63, 3.8) is 0 Å². The third-order valence-electron chi connectivity index (χ3n) is 9.23. The molecule has 0 rings (SSSR count). The van der Waals surface area contributed by atoms with Gasteiger partial charge in [0.05, 0.1) is 0 Å². The molecule has 0 aliphatic rings. The van der Waals surface area contributed by atoms with Crippen LogP contribution in [0.4, 0.5) is 0 Å². The molecule has 0 radical (unpaired) electrons. The summed E-state index contributed by atoms with van der Waals surface area (Å²) in [7, 11) is 0. The first-order valence-electron chi connectivity index (χ1n) is 19.3. The van der Waals surface area contributed by atoms with E-state index in [1.807, 2.05) is 13.8 Å². The Morgan fingerprint density at radius 3 is 1.15 bits per heavy atom. The van der Waals surface area contributed by atoms with Crippen LogP contribution in [0.1, 0.15) is 189 Å². The van der Waals surface area contributed by atoms with Crippen molar-refractivity contribution in [2.45, 2.75) is 194 Å². The van der Waals surface area contributed by atoms with Crippen molar-refractivity contribution >= 4 is 23.2 Å². The Morgan fingerprint density at radius 1 is 0.543 bits per heavy atom. The summed E-state index contributed by atoms with van der Waals surface area (Å²) in [4.78, 5) is 26.0. The number of carbonyl (C=O) groups excluding carboxylic acids is 2. The van der Waals surface area contributed by atoms with E-state index in [9.17, 15) is 9.59 Å². The average Bonchev–Trinajstić information content (AvgIpc) is 3.00. The standard InChI is InChI=1S/C42H74ClNO2/c1-6-8-10-12-14-16-18-20-22-24-26-28-30-32-34-36-39(45)42(38(3)4,41(5,43)44)40(46)37-35-33-31-29-27-25-23-21-19-17-15-13-11-9-7-2/h14-17,20-23,38H,6-13,18-19,24-37,44H2,1-5H3/b16-14-,17-15-,22-20-,23-21-. The predicted molar refractivity (Wildman–Crippen MR) is 204 cm³/mol. The van der Waals surface area contributed by atoms with Crippen LogP contribution < -0.4 is 5.73 Å². The summed E-state index contributed by atoms with van der Waals surface area (Å²) in [6, 6.07) is 0. The largest absolute Gasteiger partial charge is 0.312 e. The number of nitrogens with two attached hydrogens (primary N) is 1. The van der Waals surface area contributed by atoms with Crippen molar-refractivity contribution in [2.75, 3.05) is 0 Å². The summed E-state index contributed by atoms with van der Waals surface area (Å²) >= 11 is 6.70. The average molecular weight is 661 g/mol. The zero-order valence-electron chi connectivity index (χ0n) is 30.9. The molecule has 0 heterocycles. The fraction of sp³-hybridized carbons (Fsp3) is 0.762. The summed E-state index contributed by atoms with van der Waals surface area (Å²) < 4.78 is 0. The Bertz CT molecular complexity index is 803. The lowest BCUT2D eigenvalue weighted by Gasteiger charge is -2.43. The number of unbranched alkanes of at least 4 members (excludes halogenated alkanes) is 16. The number of Topliss-reactive ketones (excluding diaryl/α,β-unsaturated/α-hetero) is 2.